The largest absolute Gasteiger partial charge is 0.459 e. The van der Waals surface area contributed by atoms with Crippen molar-refractivity contribution in [1.82, 2.24) is 10.2 Å². The highest BCUT2D eigenvalue weighted by molar-refractivity contribution is 5.73. The molecule has 5 N–H and O–H groups in total. The van der Waals surface area contributed by atoms with Crippen molar-refractivity contribution >= 4 is 5.97 Å². The summed E-state index contributed by atoms with van der Waals surface area (Å²) in [5, 5.41) is 54.1. The van der Waals surface area contributed by atoms with Gasteiger partial charge in [-0.3, -0.25) is 4.79 Å². The third-order valence-electron chi connectivity index (χ3n) is 12.3. The minimum absolute atomic E-state index is 0.141. The van der Waals surface area contributed by atoms with Gasteiger partial charge in [0, 0.05) is 48.9 Å². The number of methoxy groups -OCH3 is 1. The number of hydrogen-bond acceptors (Lipinski definition) is 14. The molecule has 0 aromatic rings. The van der Waals surface area contributed by atoms with Crippen LogP contribution in [0.5, 0.6) is 0 Å². The number of aliphatic hydroxyl groups excluding tert-OH is 2. The Morgan fingerprint density at radius 2 is 1.69 bits per heavy atom. The summed E-state index contributed by atoms with van der Waals surface area (Å²) in [5.74, 6) is -2.92. The van der Waals surface area contributed by atoms with Crippen molar-refractivity contribution in [2.24, 2.45) is 28.8 Å². The first-order valence-electron chi connectivity index (χ1n) is 19.6. The molecule has 0 spiro atoms. The van der Waals surface area contributed by atoms with Crippen molar-refractivity contribution in [1.29, 1.82) is 0 Å². The average molecular weight is 774 g/mol. The summed E-state index contributed by atoms with van der Waals surface area (Å²) in [6.45, 7) is 18.2. The predicted octanol–water partition coefficient (Wildman–Crippen LogP) is 3.12. The molecule has 0 aliphatic carbocycles. The second-order valence-corrected chi connectivity index (χ2v) is 17.3. The Labute approximate surface area is 322 Å². The molecule has 314 valence electrons. The maximum Gasteiger partial charge on any atom is 0.311 e. The number of carbonyl (C=O) groups excluding carboxylic acids is 1. The summed E-state index contributed by atoms with van der Waals surface area (Å²) in [7, 11) is 5.34. The highest BCUT2D eigenvalue weighted by atomic mass is 16.7. The maximum absolute atomic E-state index is 14.2. The van der Waals surface area contributed by atoms with Crippen LogP contribution in [0.2, 0.25) is 0 Å². The van der Waals surface area contributed by atoms with Crippen LogP contribution < -0.4 is 5.32 Å². The van der Waals surface area contributed by atoms with Crippen LogP contribution in [-0.2, 0) is 33.2 Å². The smallest absolute Gasteiger partial charge is 0.311 e. The molecule has 16 heteroatoms. The number of esters is 1. The zero-order chi connectivity index (χ0) is 40.9. The maximum atomic E-state index is 14.2. The van der Waals surface area contributed by atoms with Crippen LogP contribution in [-0.4, -0.2) is 150 Å². The van der Waals surface area contributed by atoms with Crippen molar-refractivity contribution < 1.29 is 53.6 Å². The molecule has 0 radical (unpaired) electrons. The molecule has 0 bridgehead atoms. The molecule has 3 aliphatic rings. The molecule has 3 saturated heterocycles. The molecule has 3 aliphatic heterocycles. The number of hydrogen-bond donors (Lipinski definition) is 5. The van der Waals surface area contributed by atoms with Gasteiger partial charge in [-0.25, -0.2) is 0 Å². The summed E-state index contributed by atoms with van der Waals surface area (Å²) in [6.07, 6.45) is -7.02. The molecular weight excluding hydrogens is 702 g/mol. The summed E-state index contributed by atoms with van der Waals surface area (Å²) >= 11 is 0. The van der Waals surface area contributed by atoms with Crippen LogP contribution in [0.4, 0.5) is 0 Å². The van der Waals surface area contributed by atoms with E-state index < -0.39 is 89.9 Å². The van der Waals surface area contributed by atoms with Crippen LogP contribution in [0.3, 0.4) is 0 Å². The lowest BCUT2D eigenvalue weighted by atomic mass is 9.77. The van der Waals surface area contributed by atoms with E-state index in [4.69, 9.17) is 34.0 Å². The van der Waals surface area contributed by atoms with Crippen molar-refractivity contribution in [3.05, 3.63) is 10.4 Å². The van der Waals surface area contributed by atoms with Crippen LogP contribution in [0.1, 0.15) is 94.9 Å². The van der Waals surface area contributed by atoms with Gasteiger partial charge in [-0.1, -0.05) is 25.9 Å². The van der Waals surface area contributed by atoms with Crippen LogP contribution in [0, 0.1) is 23.7 Å². The number of azide groups is 1. The average Bonchev–Trinajstić information content (AvgIpc) is 3.09. The van der Waals surface area contributed by atoms with E-state index >= 15 is 0 Å². The minimum Gasteiger partial charge on any atom is -0.459 e. The molecule has 16 nitrogen and oxygen atoms in total. The molecular formula is C38H71N5O11. The number of ether oxygens (including phenoxy) is 6. The van der Waals surface area contributed by atoms with E-state index in [1.165, 1.54) is 6.92 Å². The van der Waals surface area contributed by atoms with E-state index in [1.807, 2.05) is 53.6 Å². The minimum atomic E-state index is -1.81. The molecule has 0 aromatic carbocycles. The van der Waals surface area contributed by atoms with E-state index in [0.717, 1.165) is 0 Å². The van der Waals surface area contributed by atoms with Gasteiger partial charge in [0.05, 0.1) is 41.5 Å². The lowest BCUT2D eigenvalue weighted by Gasteiger charge is -2.49. The molecule has 18 atom stereocenters. The fourth-order valence-electron chi connectivity index (χ4n) is 8.91. The van der Waals surface area contributed by atoms with Gasteiger partial charge >= 0.3 is 5.97 Å². The number of cyclic esters (lactones) is 1. The molecule has 0 amide bonds. The first kappa shape index (κ1) is 46.7. The SMILES string of the molecule is CC[C@H]1OC(=O)[C@H](C)[C@@H](O[C@H]2C[C@@](C)(OC)C(CN=[N+]=[N-])[C@H](C)O2)[C@H](C)[C@@H](O[C@@H]2O[C@H](C)CC(N(C)C)[C@H]2O)[C@](C)(O)C[C@@H](C)CN[C@H](C)[C@@H](O)[C@]1(C)O. The fourth-order valence-corrected chi connectivity index (χ4v) is 8.91. The summed E-state index contributed by atoms with van der Waals surface area (Å²) in [5.41, 5.74) is 4.84. The van der Waals surface area contributed by atoms with Gasteiger partial charge in [-0.05, 0) is 99.8 Å². The third-order valence-corrected chi connectivity index (χ3v) is 12.3. The fraction of sp³-hybridized carbons (Fsp3) is 0.974. The van der Waals surface area contributed by atoms with E-state index in [-0.39, 0.29) is 49.8 Å². The highest BCUT2D eigenvalue weighted by Gasteiger charge is 2.52. The lowest BCUT2D eigenvalue weighted by molar-refractivity contribution is -0.314. The zero-order valence-corrected chi connectivity index (χ0v) is 34.8. The van der Waals surface area contributed by atoms with Crippen molar-refractivity contribution in [2.45, 2.75) is 179 Å². The number of nitrogens with zero attached hydrogens (tertiary/aromatic N) is 4. The van der Waals surface area contributed by atoms with Gasteiger partial charge in [0.25, 0.3) is 0 Å². The number of aliphatic hydroxyl groups is 4. The van der Waals surface area contributed by atoms with Crippen LogP contribution >= 0.6 is 0 Å². The normalized spacial score (nSPS) is 47.6. The van der Waals surface area contributed by atoms with Gasteiger partial charge in [0.15, 0.2) is 12.6 Å². The van der Waals surface area contributed by atoms with Crippen molar-refractivity contribution in [2.75, 3.05) is 34.3 Å². The van der Waals surface area contributed by atoms with Crippen LogP contribution in [0.25, 0.3) is 10.4 Å². The Morgan fingerprint density at radius 1 is 1.04 bits per heavy atom. The Morgan fingerprint density at radius 3 is 2.26 bits per heavy atom. The predicted molar refractivity (Wildman–Crippen MR) is 201 cm³/mol. The molecule has 54 heavy (non-hydrogen) atoms. The second-order valence-electron chi connectivity index (χ2n) is 17.3. The Hall–Kier alpha value is -1.66. The Kier molecular flexibility index (Phi) is 16.6. The van der Waals surface area contributed by atoms with E-state index in [1.54, 1.807) is 34.8 Å². The van der Waals surface area contributed by atoms with Gasteiger partial charge in [-0.15, -0.1) is 0 Å². The zero-order valence-electron chi connectivity index (χ0n) is 34.8. The topological polar surface area (TPSA) is 217 Å². The van der Waals surface area contributed by atoms with Crippen LogP contribution in [0.15, 0.2) is 5.11 Å². The number of nitrogens with one attached hydrogen (secondary N) is 1. The standard InChI is InChI=1S/C38H71N5O11/c1-14-28-38(10,48)32(45)24(6)40-18-20(2)16-36(8,47)33(54-35-30(44)27(43(11)12)15-21(3)50-35)22(4)31(23(5)34(46)52-28)53-29-17-37(9,49-13)26(19-41-42-39)25(7)51-29/h20-33,35,40,44-45,47-48H,14-19H2,1-13H3/t20-,21-,22+,23-,24-,25+,26?,27?,28-,29+,30-,31+,32-,33-,35+,36-,37-,38-/m1/s1. The number of likely N-dealkylation sites (N-methyl/N-ethyl adjacent to an activating group) is 1. The molecule has 3 rings (SSSR count). The molecule has 3 fully saturated rings. The lowest BCUT2D eigenvalue weighted by Crippen LogP contribution is -2.60. The monoisotopic (exact) mass is 774 g/mol. The molecule has 2 unspecified atom stereocenters. The quantitative estimate of drug-likeness (QED) is 0.0987. The molecule has 3 heterocycles. The highest BCUT2D eigenvalue weighted by Crippen LogP contribution is 2.41. The van der Waals surface area contributed by atoms with Gasteiger partial charge < -0.3 is 59.1 Å². The van der Waals surface area contributed by atoms with E-state index in [9.17, 15) is 25.2 Å². The first-order chi connectivity index (χ1) is 25.0. The second kappa shape index (κ2) is 19.2. The Bertz CT molecular complexity index is 1250. The first-order valence-corrected chi connectivity index (χ1v) is 19.6. The van der Waals surface area contributed by atoms with Crippen molar-refractivity contribution in [3.63, 3.8) is 0 Å². The molecule has 0 saturated carbocycles. The third kappa shape index (κ3) is 10.8. The summed E-state index contributed by atoms with van der Waals surface area (Å²) < 4.78 is 38.1. The summed E-state index contributed by atoms with van der Waals surface area (Å²) in [6, 6.07) is -0.873. The molecule has 0 aromatic heterocycles. The van der Waals surface area contributed by atoms with Gasteiger partial charge in [0.1, 0.15) is 23.9 Å². The van der Waals surface area contributed by atoms with E-state index in [0.29, 0.717) is 13.0 Å². The summed E-state index contributed by atoms with van der Waals surface area (Å²) in [4.78, 5) is 19.1. The van der Waals surface area contributed by atoms with Gasteiger partial charge in [0.2, 0.25) is 0 Å². The number of carbonyl (C=O) groups is 1. The Balaban J connectivity index is 2.16. The number of rotatable bonds is 9. The van der Waals surface area contributed by atoms with Gasteiger partial charge in [-0.2, -0.15) is 0 Å². The van der Waals surface area contributed by atoms with E-state index in [2.05, 4.69) is 15.3 Å². The van der Waals surface area contributed by atoms with Crippen molar-refractivity contribution in [3.8, 4) is 0 Å².